The molecule has 0 radical (unpaired) electrons. The van der Waals surface area contributed by atoms with Crippen LogP contribution in [0.15, 0.2) is 24.0 Å². The summed E-state index contributed by atoms with van der Waals surface area (Å²) in [7, 11) is 0. The largest absolute Gasteiger partial charge is 0.385 e. The van der Waals surface area contributed by atoms with Gasteiger partial charge in [0.25, 0.3) is 11.9 Å². The number of rotatable bonds is 5. The lowest BCUT2D eigenvalue weighted by Crippen LogP contribution is -2.22. The third kappa shape index (κ3) is 5.81. The Morgan fingerprint density at radius 3 is 1.56 bits per heavy atom. The minimum Gasteiger partial charge on any atom is -0.385 e. The molecule has 3 heterocycles. The highest BCUT2D eigenvalue weighted by Crippen LogP contribution is 2.26. The van der Waals surface area contributed by atoms with E-state index < -0.39 is 0 Å². The van der Waals surface area contributed by atoms with Gasteiger partial charge in [-0.15, -0.1) is 0 Å². The number of nitrogens with two attached hydrogens (primary N) is 3. The van der Waals surface area contributed by atoms with E-state index in [1.807, 2.05) is 62.3 Å². The molecule has 12 heteroatoms. The van der Waals surface area contributed by atoms with E-state index in [2.05, 4.69) is 30.5 Å². The van der Waals surface area contributed by atoms with Crippen LogP contribution in [0, 0.1) is 10.8 Å². The van der Waals surface area contributed by atoms with Gasteiger partial charge in [-0.3, -0.25) is 0 Å². The predicted molar refractivity (Wildman–Crippen MR) is 143 cm³/mol. The van der Waals surface area contributed by atoms with Gasteiger partial charge in [0.1, 0.15) is 17.5 Å². The van der Waals surface area contributed by atoms with E-state index in [4.69, 9.17) is 22.6 Å². The van der Waals surface area contributed by atoms with Crippen molar-refractivity contribution in [2.75, 3.05) is 16.8 Å². The number of hydrogen-bond donors (Lipinski definition) is 5. The second-order valence-electron chi connectivity index (χ2n) is 11.9. The van der Waals surface area contributed by atoms with E-state index in [1.165, 1.54) is 15.4 Å². The van der Waals surface area contributed by atoms with E-state index in [1.54, 1.807) is 12.1 Å². The predicted octanol–water partition coefficient (Wildman–Crippen LogP) is 3.28. The molecule has 0 aliphatic rings. The SMILES string of the molecule is CC(C)(C)C(=N)/C=C(/N)Nc1nc(-n2nc(C(C)(C)C)cc2N)nc(-n2nc(C(C)(C)C)cc2N)n1. The first-order valence-electron chi connectivity index (χ1n) is 11.7. The van der Waals surface area contributed by atoms with E-state index in [0.717, 1.165) is 11.4 Å². The van der Waals surface area contributed by atoms with Crippen LogP contribution in [0.5, 0.6) is 0 Å². The maximum Gasteiger partial charge on any atom is 0.259 e. The van der Waals surface area contributed by atoms with Gasteiger partial charge in [-0.25, -0.2) is 0 Å². The van der Waals surface area contributed by atoms with E-state index >= 15 is 0 Å². The summed E-state index contributed by atoms with van der Waals surface area (Å²) in [5.41, 5.74) is 19.8. The van der Waals surface area contributed by atoms with Gasteiger partial charge < -0.3 is 27.9 Å². The van der Waals surface area contributed by atoms with Crippen LogP contribution in [0.2, 0.25) is 0 Å². The van der Waals surface area contributed by atoms with Crippen LogP contribution >= 0.6 is 0 Å². The van der Waals surface area contributed by atoms with Crippen molar-refractivity contribution in [3.8, 4) is 11.9 Å². The Hall–Kier alpha value is -3.96. The van der Waals surface area contributed by atoms with Crippen molar-refractivity contribution in [1.82, 2.24) is 34.5 Å². The summed E-state index contributed by atoms with van der Waals surface area (Å²) in [6.07, 6.45) is 1.53. The van der Waals surface area contributed by atoms with Crippen molar-refractivity contribution in [3.05, 3.63) is 35.4 Å². The Morgan fingerprint density at radius 1 is 0.806 bits per heavy atom. The van der Waals surface area contributed by atoms with Gasteiger partial charge in [0, 0.05) is 34.1 Å². The average molecular weight is 495 g/mol. The standard InChI is InChI=1S/C24H38N12/c1-22(2,3)13(25)10-16(26)29-19-30-20(35-17(27)11-14(33-35)23(4,5)6)32-21(31-19)36-18(28)12-15(34-36)24(7,8)9/h10-12,25H,26-28H2,1-9H3,(H,29,30,31,32)/b16-10-,25-13?. The van der Waals surface area contributed by atoms with Crippen LogP contribution < -0.4 is 22.5 Å². The number of allylic oxidation sites excluding steroid dienone is 1. The van der Waals surface area contributed by atoms with Gasteiger partial charge in [-0.2, -0.15) is 34.5 Å². The summed E-state index contributed by atoms with van der Waals surface area (Å²) >= 11 is 0. The third-order valence-corrected chi connectivity index (χ3v) is 5.37. The topological polar surface area (TPSA) is 188 Å². The first-order valence-corrected chi connectivity index (χ1v) is 11.7. The van der Waals surface area contributed by atoms with Crippen molar-refractivity contribution in [2.24, 2.45) is 11.1 Å². The maximum absolute atomic E-state index is 8.26. The van der Waals surface area contributed by atoms with Gasteiger partial charge in [-0.1, -0.05) is 62.3 Å². The minimum atomic E-state index is -0.374. The Bertz CT molecular complexity index is 1230. The molecule has 0 aliphatic heterocycles. The maximum atomic E-state index is 8.26. The molecular formula is C24H38N12. The van der Waals surface area contributed by atoms with Gasteiger partial charge in [-0.05, 0) is 6.08 Å². The lowest BCUT2D eigenvalue weighted by Gasteiger charge is -2.17. The Morgan fingerprint density at radius 2 is 1.22 bits per heavy atom. The summed E-state index contributed by atoms with van der Waals surface area (Å²) < 4.78 is 2.89. The van der Waals surface area contributed by atoms with Crippen molar-refractivity contribution in [3.63, 3.8) is 0 Å². The number of anilines is 3. The molecule has 0 saturated heterocycles. The first kappa shape index (κ1) is 26.6. The summed E-state index contributed by atoms with van der Waals surface area (Å²) in [6, 6.07) is 3.57. The second kappa shape index (κ2) is 8.92. The van der Waals surface area contributed by atoms with Gasteiger partial charge >= 0.3 is 0 Å². The molecule has 0 aliphatic carbocycles. The summed E-state index contributed by atoms with van der Waals surface area (Å²) in [4.78, 5) is 13.6. The molecule has 0 bridgehead atoms. The molecule has 0 spiro atoms. The van der Waals surface area contributed by atoms with E-state index in [9.17, 15) is 0 Å². The second-order valence-corrected chi connectivity index (χ2v) is 11.9. The molecule has 3 rings (SSSR count). The van der Waals surface area contributed by atoms with Crippen LogP contribution in [-0.4, -0.2) is 40.2 Å². The highest BCUT2D eigenvalue weighted by atomic mass is 15.4. The molecular weight excluding hydrogens is 456 g/mol. The zero-order chi connectivity index (χ0) is 27.2. The number of nitrogens with one attached hydrogen (secondary N) is 2. The van der Waals surface area contributed by atoms with Crippen LogP contribution in [0.1, 0.15) is 73.7 Å². The van der Waals surface area contributed by atoms with Crippen molar-refractivity contribution < 1.29 is 0 Å². The molecule has 0 saturated carbocycles. The lowest BCUT2D eigenvalue weighted by molar-refractivity contribution is 0.555. The number of aromatic nitrogens is 7. The fraction of sp³-hybridized carbons (Fsp3) is 0.500. The molecule has 0 amide bonds. The lowest BCUT2D eigenvalue weighted by atomic mass is 9.90. The van der Waals surface area contributed by atoms with Gasteiger partial charge in [0.05, 0.1) is 11.4 Å². The summed E-state index contributed by atoms with van der Waals surface area (Å²) in [5.74, 6) is 1.40. The molecule has 8 N–H and O–H groups in total. The Balaban J connectivity index is 2.16. The highest BCUT2D eigenvalue weighted by molar-refractivity contribution is 5.97. The van der Waals surface area contributed by atoms with Crippen LogP contribution in [0.4, 0.5) is 17.6 Å². The van der Waals surface area contributed by atoms with Gasteiger partial charge in [0.15, 0.2) is 0 Å². The molecule has 0 atom stereocenters. The van der Waals surface area contributed by atoms with Crippen LogP contribution in [-0.2, 0) is 10.8 Å². The smallest absolute Gasteiger partial charge is 0.259 e. The highest BCUT2D eigenvalue weighted by Gasteiger charge is 2.24. The van der Waals surface area contributed by atoms with Gasteiger partial charge in [0.2, 0.25) is 5.95 Å². The first-order chi connectivity index (χ1) is 16.4. The average Bonchev–Trinajstić information content (AvgIpc) is 3.29. The Kier molecular flexibility index (Phi) is 6.60. The monoisotopic (exact) mass is 494 g/mol. The van der Waals surface area contributed by atoms with Crippen LogP contribution in [0.25, 0.3) is 11.9 Å². The molecule has 0 fully saturated rings. The summed E-state index contributed by atoms with van der Waals surface area (Å²) in [6.45, 7) is 18.0. The van der Waals surface area contributed by atoms with Crippen molar-refractivity contribution in [2.45, 2.75) is 73.1 Å². The fourth-order valence-electron chi connectivity index (χ4n) is 2.98. The van der Waals surface area contributed by atoms with E-state index in [0.29, 0.717) is 17.3 Å². The number of hydrogen-bond acceptors (Lipinski definition) is 10. The summed E-state index contributed by atoms with van der Waals surface area (Å²) in [5, 5.41) is 20.5. The minimum absolute atomic E-state index is 0.130. The van der Waals surface area contributed by atoms with E-state index in [-0.39, 0.29) is 39.9 Å². The normalized spacial score (nSPS) is 13.2. The third-order valence-electron chi connectivity index (χ3n) is 5.37. The van der Waals surface area contributed by atoms with Crippen LogP contribution in [0.3, 0.4) is 0 Å². The fourth-order valence-corrected chi connectivity index (χ4v) is 2.98. The quantitative estimate of drug-likeness (QED) is 0.331. The molecule has 3 aromatic rings. The number of nitrogens with zero attached hydrogens (tertiary/aromatic N) is 7. The van der Waals surface area contributed by atoms with Crippen molar-refractivity contribution >= 4 is 23.3 Å². The molecule has 36 heavy (non-hydrogen) atoms. The molecule has 0 unspecified atom stereocenters. The molecule has 194 valence electrons. The molecule has 0 aromatic carbocycles. The van der Waals surface area contributed by atoms with Crippen molar-refractivity contribution in [1.29, 1.82) is 5.41 Å². The number of nitrogen functional groups attached to an aromatic ring is 2. The zero-order valence-corrected chi connectivity index (χ0v) is 22.6. The zero-order valence-electron chi connectivity index (χ0n) is 22.6. The molecule has 12 nitrogen and oxygen atoms in total. The molecule has 3 aromatic heterocycles. The Labute approximate surface area is 211 Å².